The Balaban J connectivity index is 2.12. The molecule has 88 valence electrons. The summed E-state index contributed by atoms with van der Waals surface area (Å²) in [6.45, 7) is 1.15. The van der Waals surface area contributed by atoms with E-state index in [9.17, 15) is 4.39 Å². The first-order valence-corrected chi connectivity index (χ1v) is 6.32. The molecule has 0 bridgehead atoms. The van der Waals surface area contributed by atoms with Gasteiger partial charge in [0.2, 0.25) is 0 Å². The van der Waals surface area contributed by atoms with Gasteiger partial charge in [-0.25, -0.2) is 14.4 Å². The number of halogens is 2. The maximum Gasteiger partial charge on any atom is 0.140 e. The van der Waals surface area contributed by atoms with Crippen LogP contribution in [0.25, 0.3) is 10.9 Å². The Morgan fingerprint density at radius 2 is 2.24 bits per heavy atom. The molecule has 0 amide bonds. The highest BCUT2D eigenvalue weighted by atomic mass is 79.9. The van der Waals surface area contributed by atoms with Crippen molar-refractivity contribution >= 4 is 32.7 Å². The first kappa shape index (κ1) is 10.9. The molecular weight excluding hydrogens is 285 g/mol. The fraction of sp³-hybridized carbons (Fsp3) is 0.333. The van der Waals surface area contributed by atoms with E-state index in [2.05, 4.69) is 25.9 Å². The summed E-state index contributed by atoms with van der Waals surface area (Å²) in [6.07, 6.45) is 1.38. The third-order valence-corrected chi connectivity index (χ3v) is 3.50. The van der Waals surface area contributed by atoms with Gasteiger partial charge in [-0.3, -0.25) is 0 Å². The number of nitrogens with zero attached hydrogens (tertiary/aromatic N) is 3. The van der Waals surface area contributed by atoms with Crippen LogP contribution >= 0.6 is 15.9 Å². The van der Waals surface area contributed by atoms with Crippen LogP contribution in [0.5, 0.6) is 0 Å². The van der Waals surface area contributed by atoms with Crippen molar-refractivity contribution in [1.82, 2.24) is 9.97 Å². The minimum absolute atomic E-state index is 0.429. The van der Waals surface area contributed by atoms with Crippen LogP contribution in [0.15, 0.2) is 29.0 Å². The Labute approximate surface area is 107 Å². The van der Waals surface area contributed by atoms with Gasteiger partial charge in [0.15, 0.2) is 0 Å². The van der Waals surface area contributed by atoms with Gasteiger partial charge in [0, 0.05) is 16.4 Å². The molecule has 2 aromatic rings. The molecule has 1 unspecified atom stereocenters. The summed E-state index contributed by atoms with van der Waals surface area (Å²) >= 11 is 3.44. The van der Waals surface area contributed by atoms with E-state index in [0.717, 1.165) is 27.7 Å². The molecule has 0 radical (unpaired) electrons. The molecule has 1 aliphatic heterocycles. The first-order chi connectivity index (χ1) is 8.24. The van der Waals surface area contributed by atoms with Crippen LogP contribution in [0.1, 0.15) is 6.42 Å². The Kier molecular flexibility index (Phi) is 2.70. The van der Waals surface area contributed by atoms with Gasteiger partial charge < -0.3 is 4.90 Å². The van der Waals surface area contributed by atoms with E-state index in [-0.39, 0.29) is 0 Å². The second kappa shape index (κ2) is 4.22. The van der Waals surface area contributed by atoms with E-state index in [1.807, 2.05) is 23.1 Å². The number of benzene rings is 1. The molecule has 0 N–H and O–H groups in total. The zero-order valence-electron chi connectivity index (χ0n) is 9.11. The quantitative estimate of drug-likeness (QED) is 0.810. The van der Waals surface area contributed by atoms with Crippen LogP contribution < -0.4 is 4.90 Å². The first-order valence-electron chi connectivity index (χ1n) is 5.53. The Hall–Kier alpha value is -1.23. The second-order valence-corrected chi connectivity index (χ2v) is 5.11. The summed E-state index contributed by atoms with van der Waals surface area (Å²) in [5, 5.41) is 0.968. The molecule has 1 fully saturated rings. The maximum atomic E-state index is 13.2. The van der Waals surface area contributed by atoms with Gasteiger partial charge in [-0.2, -0.15) is 0 Å². The number of fused-ring (bicyclic) bond motifs is 1. The van der Waals surface area contributed by atoms with Crippen LogP contribution in [0, 0.1) is 0 Å². The number of hydrogen-bond donors (Lipinski definition) is 0. The molecule has 1 aromatic heterocycles. The van der Waals surface area contributed by atoms with E-state index in [1.165, 1.54) is 6.33 Å². The standard InChI is InChI=1S/C12H11BrFN3/c13-8-1-2-11-10(5-8)12(16-7-15-11)17-4-3-9(14)6-17/h1-2,5,7,9H,3-4,6H2. The number of alkyl halides is 1. The van der Waals surface area contributed by atoms with Crippen LogP contribution in [0.3, 0.4) is 0 Å². The van der Waals surface area contributed by atoms with E-state index >= 15 is 0 Å². The molecule has 1 saturated heterocycles. The van der Waals surface area contributed by atoms with Crippen LogP contribution in [0.2, 0.25) is 0 Å². The molecule has 1 atom stereocenters. The van der Waals surface area contributed by atoms with Gasteiger partial charge in [0.1, 0.15) is 18.3 Å². The monoisotopic (exact) mass is 295 g/mol. The van der Waals surface area contributed by atoms with Gasteiger partial charge in [-0.05, 0) is 24.6 Å². The van der Waals surface area contributed by atoms with E-state index < -0.39 is 6.17 Å². The molecule has 0 spiro atoms. The molecule has 1 aliphatic rings. The highest BCUT2D eigenvalue weighted by Crippen LogP contribution is 2.28. The molecular formula is C12H11BrFN3. The average molecular weight is 296 g/mol. The number of hydrogen-bond acceptors (Lipinski definition) is 3. The van der Waals surface area contributed by atoms with Gasteiger partial charge >= 0.3 is 0 Å². The zero-order valence-corrected chi connectivity index (χ0v) is 10.7. The number of aromatic nitrogens is 2. The molecule has 3 rings (SSSR count). The van der Waals surface area contributed by atoms with Crippen LogP contribution in [-0.4, -0.2) is 29.2 Å². The third-order valence-electron chi connectivity index (χ3n) is 3.01. The predicted octanol–water partition coefficient (Wildman–Crippen LogP) is 2.94. The predicted molar refractivity (Wildman–Crippen MR) is 69.0 cm³/mol. The van der Waals surface area contributed by atoms with Gasteiger partial charge in [0.25, 0.3) is 0 Å². The molecule has 1 aromatic carbocycles. The van der Waals surface area contributed by atoms with Crippen molar-refractivity contribution in [2.45, 2.75) is 12.6 Å². The second-order valence-electron chi connectivity index (χ2n) is 4.19. The highest BCUT2D eigenvalue weighted by Gasteiger charge is 2.24. The summed E-state index contributed by atoms with van der Waals surface area (Å²) < 4.78 is 14.2. The van der Waals surface area contributed by atoms with Crippen molar-refractivity contribution in [3.8, 4) is 0 Å². The van der Waals surface area contributed by atoms with E-state index in [1.54, 1.807) is 0 Å². The fourth-order valence-corrected chi connectivity index (χ4v) is 2.54. The smallest absolute Gasteiger partial charge is 0.140 e. The fourth-order valence-electron chi connectivity index (χ4n) is 2.18. The van der Waals surface area contributed by atoms with Crippen molar-refractivity contribution in [2.24, 2.45) is 0 Å². The molecule has 17 heavy (non-hydrogen) atoms. The van der Waals surface area contributed by atoms with Crippen molar-refractivity contribution in [1.29, 1.82) is 0 Å². The van der Waals surface area contributed by atoms with Gasteiger partial charge in [-0.15, -0.1) is 0 Å². The Morgan fingerprint density at radius 3 is 3.00 bits per heavy atom. The Bertz CT molecular complexity index is 560. The number of rotatable bonds is 1. The molecule has 2 heterocycles. The summed E-state index contributed by atoms with van der Waals surface area (Å²) in [5.41, 5.74) is 0.889. The average Bonchev–Trinajstić information content (AvgIpc) is 2.75. The Morgan fingerprint density at radius 1 is 1.35 bits per heavy atom. The summed E-state index contributed by atoms with van der Waals surface area (Å²) in [7, 11) is 0. The SMILES string of the molecule is FC1CCN(c2ncnc3ccc(Br)cc23)C1. The lowest BCUT2D eigenvalue weighted by Gasteiger charge is -2.17. The molecule has 3 nitrogen and oxygen atoms in total. The minimum atomic E-state index is -0.743. The lowest BCUT2D eigenvalue weighted by atomic mass is 10.2. The topological polar surface area (TPSA) is 29.0 Å². The minimum Gasteiger partial charge on any atom is -0.353 e. The third kappa shape index (κ3) is 1.99. The molecule has 0 aliphatic carbocycles. The zero-order chi connectivity index (χ0) is 11.8. The van der Waals surface area contributed by atoms with Crippen molar-refractivity contribution in [3.05, 3.63) is 29.0 Å². The lowest BCUT2D eigenvalue weighted by Crippen LogP contribution is -2.21. The molecule has 0 saturated carbocycles. The van der Waals surface area contributed by atoms with Crippen molar-refractivity contribution in [2.75, 3.05) is 18.0 Å². The van der Waals surface area contributed by atoms with Crippen molar-refractivity contribution < 1.29 is 4.39 Å². The summed E-state index contributed by atoms with van der Waals surface area (Å²) in [6, 6.07) is 5.87. The van der Waals surface area contributed by atoms with Crippen LogP contribution in [-0.2, 0) is 0 Å². The largest absolute Gasteiger partial charge is 0.353 e. The van der Waals surface area contributed by atoms with Gasteiger partial charge in [0.05, 0.1) is 12.1 Å². The lowest BCUT2D eigenvalue weighted by molar-refractivity contribution is 0.364. The van der Waals surface area contributed by atoms with Crippen LogP contribution in [0.4, 0.5) is 10.2 Å². The molecule has 5 heteroatoms. The normalized spacial score (nSPS) is 20.1. The van der Waals surface area contributed by atoms with Gasteiger partial charge in [-0.1, -0.05) is 15.9 Å². The summed E-state index contributed by atoms with van der Waals surface area (Å²) in [5.74, 6) is 0.830. The van der Waals surface area contributed by atoms with E-state index in [0.29, 0.717) is 13.0 Å². The highest BCUT2D eigenvalue weighted by molar-refractivity contribution is 9.10. The van der Waals surface area contributed by atoms with E-state index in [4.69, 9.17) is 0 Å². The maximum absolute atomic E-state index is 13.2. The summed E-state index contributed by atoms with van der Waals surface area (Å²) in [4.78, 5) is 10.5. The van der Waals surface area contributed by atoms with Crippen molar-refractivity contribution in [3.63, 3.8) is 0 Å². The number of anilines is 1.